The second-order valence-corrected chi connectivity index (χ2v) is 7.56. The summed E-state index contributed by atoms with van der Waals surface area (Å²) in [6, 6.07) is 7.35. The molecule has 132 valence electrons. The molecule has 0 radical (unpaired) electrons. The summed E-state index contributed by atoms with van der Waals surface area (Å²) in [4.78, 5) is 33.8. The van der Waals surface area contributed by atoms with Crippen LogP contribution >= 0.6 is 0 Å². The molecule has 1 amide bonds. The number of hydrogen-bond acceptors (Lipinski definition) is 3. The Morgan fingerprint density at radius 1 is 1.20 bits per heavy atom. The molecular formula is C20H25N3O2. The van der Waals surface area contributed by atoms with Gasteiger partial charge in [-0.15, -0.1) is 0 Å². The Labute approximate surface area is 147 Å². The Morgan fingerprint density at radius 3 is 2.88 bits per heavy atom. The third kappa shape index (κ3) is 3.91. The molecule has 4 rings (SSSR count). The number of carbonyl (C=O) groups is 1. The minimum Gasteiger partial charge on any atom is -0.342 e. The number of benzene rings is 1. The molecule has 2 fully saturated rings. The van der Waals surface area contributed by atoms with Crippen molar-refractivity contribution >= 4 is 16.8 Å². The monoisotopic (exact) mass is 339 g/mol. The maximum Gasteiger partial charge on any atom is 0.258 e. The van der Waals surface area contributed by atoms with Gasteiger partial charge in [0.25, 0.3) is 5.56 Å². The fourth-order valence-electron chi connectivity index (χ4n) is 3.89. The third-order valence-corrected chi connectivity index (χ3v) is 5.47. The Bertz CT molecular complexity index is 825. The first-order valence-corrected chi connectivity index (χ1v) is 9.45. The molecule has 1 saturated carbocycles. The van der Waals surface area contributed by atoms with Crippen LogP contribution < -0.4 is 5.56 Å². The van der Waals surface area contributed by atoms with Crippen LogP contribution in [-0.2, 0) is 11.2 Å². The molecule has 25 heavy (non-hydrogen) atoms. The number of carbonyl (C=O) groups excluding carboxylic acids is 1. The highest BCUT2D eigenvalue weighted by molar-refractivity contribution is 5.77. The molecule has 0 bridgehead atoms. The van der Waals surface area contributed by atoms with Gasteiger partial charge in [0.2, 0.25) is 5.91 Å². The fourth-order valence-corrected chi connectivity index (χ4v) is 3.89. The number of likely N-dealkylation sites (tertiary alicyclic amines) is 1. The van der Waals surface area contributed by atoms with Gasteiger partial charge in [0.05, 0.1) is 10.9 Å². The summed E-state index contributed by atoms with van der Waals surface area (Å²) in [5.74, 6) is 2.58. The number of nitrogens with one attached hydrogen (secondary N) is 1. The summed E-state index contributed by atoms with van der Waals surface area (Å²) in [6.07, 6.45) is 7.15. The SMILES string of the molecule is O=C(CCCc1nc2ccccc2c(=O)[nH]1)N1CCC(CC2CC2)C1. The van der Waals surface area contributed by atoms with Crippen LogP contribution in [0.2, 0.25) is 0 Å². The van der Waals surface area contributed by atoms with Crippen molar-refractivity contribution in [2.24, 2.45) is 11.8 Å². The van der Waals surface area contributed by atoms with E-state index >= 15 is 0 Å². The van der Waals surface area contributed by atoms with E-state index in [2.05, 4.69) is 9.97 Å². The molecule has 0 spiro atoms. The van der Waals surface area contributed by atoms with Crippen LogP contribution in [-0.4, -0.2) is 33.9 Å². The Hall–Kier alpha value is -2.17. The first-order chi connectivity index (χ1) is 12.2. The summed E-state index contributed by atoms with van der Waals surface area (Å²) in [6.45, 7) is 1.86. The summed E-state index contributed by atoms with van der Waals surface area (Å²) >= 11 is 0. The van der Waals surface area contributed by atoms with Gasteiger partial charge in [-0.25, -0.2) is 4.98 Å². The van der Waals surface area contributed by atoms with Crippen LogP contribution in [0.1, 0.15) is 44.3 Å². The molecule has 1 atom stereocenters. The van der Waals surface area contributed by atoms with E-state index in [-0.39, 0.29) is 11.5 Å². The lowest BCUT2D eigenvalue weighted by molar-refractivity contribution is -0.130. The van der Waals surface area contributed by atoms with Gasteiger partial charge in [-0.1, -0.05) is 25.0 Å². The number of hydrogen-bond donors (Lipinski definition) is 1. The van der Waals surface area contributed by atoms with Crippen LogP contribution in [0.5, 0.6) is 0 Å². The largest absolute Gasteiger partial charge is 0.342 e. The summed E-state index contributed by atoms with van der Waals surface area (Å²) < 4.78 is 0. The zero-order chi connectivity index (χ0) is 17.2. The minimum atomic E-state index is -0.102. The minimum absolute atomic E-state index is 0.102. The van der Waals surface area contributed by atoms with Crippen molar-refractivity contribution in [1.82, 2.24) is 14.9 Å². The predicted molar refractivity (Wildman–Crippen MR) is 97.3 cm³/mol. The van der Waals surface area contributed by atoms with Gasteiger partial charge >= 0.3 is 0 Å². The fraction of sp³-hybridized carbons (Fsp3) is 0.550. The molecule has 1 aliphatic carbocycles. The second kappa shape index (κ2) is 6.98. The van der Waals surface area contributed by atoms with Crippen LogP contribution in [0.3, 0.4) is 0 Å². The van der Waals surface area contributed by atoms with Gasteiger partial charge in [0.15, 0.2) is 0 Å². The molecule has 1 aromatic heterocycles. The average molecular weight is 339 g/mol. The lowest BCUT2D eigenvalue weighted by atomic mass is 10.0. The highest BCUT2D eigenvalue weighted by Crippen LogP contribution is 2.37. The number of aromatic nitrogens is 2. The van der Waals surface area contributed by atoms with E-state index < -0.39 is 0 Å². The maximum absolute atomic E-state index is 12.4. The number of aryl methyl sites for hydroxylation is 1. The van der Waals surface area contributed by atoms with Gasteiger partial charge in [0.1, 0.15) is 5.82 Å². The van der Waals surface area contributed by atoms with Crippen molar-refractivity contribution < 1.29 is 4.79 Å². The van der Waals surface area contributed by atoms with Crippen LogP contribution in [0.15, 0.2) is 29.1 Å². The molecule has 1 unspecified atom stereocenters. The van der Waals surface area contributed by atoms with Gasteiger partial charge in [-0.3, -0.25) is 9.59 Å². The van der Waals surface area contributed by atoms with Gasteiger partial charge in [-0.05, 0) is 43.2 Å². The van der Waals surface area contributed by atoms with Crippen molar-refractivity contribution in [2.45, 2.75) is 44.9 Å². The van der Waals surface area contributed by atoms with Crippen LogP contribution in [0, 0.1) is 11.8 Å². The molecule has 5 nitrogen and oxygen atoms in total. The van der Waals surface area contributed by atoms with E-state index in [1.165, 1.54) is 25.7 Å². The molecule has 2 aliphatic rings. The average Bonchev–Trinajstić information content (AvgIpc) is 3.29. The number of rotatable bonds is 6. The Kier molecular flexibility index (Phi) is 4.55. The number of H-pyrrole nitrogens is 1. The highest BCUT2D eigenvalue weighted by Gasteiger charge is 2.31. The first-order valence-electron chi connectivity index (χ1n) is 9.45. The standard InChI is InChI=1S/C20H25N3O2/c24-19(23-11-10-15(13-23)12-14-8-9-14)7-3-6-18-21-17-5-2-1-4-16(17)20(25)22-18/h1-2,4-5,14-15H,3,6-13H2,(H,21,22,25). The molecule has 2 heterocycles. The lowest BCUT2D eigenvalue weighted by Gasteiger charge is -2.16. The van der Waals surface area contributed by atoms with Crippen LogP contribution in [0.4, 0.5) is 0 Å². The summed E-state index contributed by atoms with van der Waals surface area (Å²) in [7, 11) is 0. The van der Waals surface area contributed by atoms with Crippen molar-refractivity contribution in [3.63, 3.8) is 0 Å². The number of aromatic amines is 1. The zero-order valence-electron chi connectivity index (χ0n) is 14.5. The number of fused-ring (bicyclic) bond motifs is 1. The van der Waals surface area contributed by atoms with E-state index in [4.69, 9.17) is 0 Å². The Balaban J connectivity index is 1.29. The maximum atomic E-state index is 12.4. The van der Waals surface area contributed by atoms with E-state index in [9.17, 15) is 9.59 Å². The molecular weight excluding hydrogens is 314 g/mol. The molecule has 5 heteroatoms. The third-order valence-electron chi connectivity index (χ3n) is 5.47. The molecule has 1 aliphatic heterocycles. The van der Waals surface area contributed by atoms with E-state index in [0.717, 1.165) is 36.9 Å². The van der Waals surface area contributed by atoms with E-state index in [1.807, 2.05) is 23.1 Å². The number of para-hydroxylation sites is 1. The van der Waals surface area contributed by atoms with Gasteiger partial charge in [-0.2, -0.15) is 0 Å². The van der Waals surface area contributed by atoms with Crippen molar-refractivity contribution in [3.05, 3.63) is 40.4 Å². The number of nitrogens with zero attached hydrogens (tertiary/aromatic N) is 2. The molecule has 1 saturated heterocycles. The van der Waals surface area contributed by atoms with Crippen molar-refractivity contribution in [2.75, 3.05) is 13.1 Å². The molecule has 2 aromatic rings. The normalized spacial score (nSPS) is 20.3. The van der Waals surface area contributed by atoms with Gasteiger partial charge in [0, 0.05) is 25.9 Å². The quantitative estimate of drug-likeness (QED) is 0.880. The first kappa shape index (κ1) is 16.3. The van der Waals surface area contributed by atoms with Crippen LogP contribution in [0.25, 0.3) is 10.9 Å². The van der Waals surface area contributed by atoms with E-state index in [0.29, 0.717) is 24.1 Å². The van der Waals surface area contributed by atoms with E-state index in [1.54, 1.807) is 6.07 Å². The number of amides is 1. The Morgan fingerprint density at radius 2 is 2.04 bits per heavy atom. The summed E-state index contributed by atoms with van der Waals surface area (Å²) in [5, 5.41) is 0.612. The smallest absolute Gasteiger partial charge is 0.258 e. The predicted octanol–water partition coefficient (Wildman–Crippen LogP) is 2.89. The van der Waals surface area contributed by atoms with Gasteiger partial charge < -0.3 is 9.88 Å². The zero-order valence-corrected chi connectivity index (χ0v) is 14.5. The molecule has 1 N–H and O–H groups in total. The van der Waals surface area contributed by atoms with Crippen molar-refractivity contribution in [3.8, 4) is 0 Å². The topological polar surface area (TPSA) is 66.1 Å². The second-order valence-electron chi connectivity index (χ2n) is 7.56. The lowest BCUT2D eigenvalue weighted by Crippen LogP contribution is -2.28. The summed E-state index contributed by atoms with van der Waals surface area (Å²) in [5.41, 5.74) is 0.615. The highest BCUT2D eigenvalue weighted by atomic mass is 16.2. The molecule has 1 aromatic carbocycles. The van der Waals surface area contributed by atoms with Crippen molar-refractivity contribution in [1.29, 1.82) is 0 Å².